The van der Waals surface area contributed by atoms with E-state index in [-0.39, 0.29) is 12.7 Å². The Morgan fingerprint density at radius 1 is 1.33 bits per heavy atom. The average Bonchev–Trinajstić information content (AvgIpc) is 2.71. The number of aliphatic hydroxyl groups is 1. The van der Waals surface area contributed by atoms with Crippen LogP contribution in [0, 0.1) is 5.92 Å². The summed E-state index contributed by atoms with van der Waals surface area (Å²) in [4.78, 5) is 2.53. The fourth-order valence-corrected chi connectivity index (χ4v) is 3.08. The van der Waals surface area contributed by atoms with E-state index >= 15 is 0 Å². The first-order valence-corrected chi connectivity index (χ1v) is 7.19. The lowest BCUT2D eigenvalue weighted by Crippen LogP contribution is -2.40. The van der Waals surface area contributed by atoms with Crippen LogP contribution in [0.1, 0.15) is 40.0 Å². The van der Waals surface area contributed by atoms with Gasteiger partial charge in [-0.05, 0) is 52.6 Å². The highest BCUT2D eigenvalue weighted by atomic mass is 16.7. The lowest BCUT2D eigenvalue weighted by Gasteiger charge is -2.37. The standard InChI is InChI=1S/C14H27NO3/c1-11(2)15-6-4-12(5-7-15)8-14(3)17-10-13(9-16)18-14/h11-13,16H,4-10H2,1-3H3. The maximum absolute atomic E-state index is 9.09. The maximum Gasteiger partial charge on any atom is 0.166 e. The van der Waals surface area contributed by atoms with Crippen LogP contribution < -0.4 is 0 Å². The first-order chi connectivity index (χ1) is 8.52. The molecule has 0 aromatic rings. The van der Waals surface area contributed by atoms with Crippen molar-refractivity contribution in [2.45, 2.75) is 58.0 Å². The Morgan fingerprint density at radius 3 is 2.50 bits per heavy atom. The molecule has 18 heavy (non-hydrogen) atoms. The minimum atomic E-state index is -0.474. The third kappa shape index (κ3) is 3.44. The van der Waals surface area contributed by atoms with E-state index in [1.165, 1.54) is 25.9 Å². The lowest BCUT2D eigenvalue weighted by atomic mass is 9.89. The van der Waals surface area contributed by atoms with Gasteiger partial charge >= 0.3 is 0 Å². The van der Waals surface area contributed by atoms with E-state index in [2.05, 4.69) is 18.7 Å². The molecule has 2 rings (SSSR count). The van der Waals surface area contributed by atoms with Gasteiger partial charge in [0.25, 0.3) is 0 Å². The Kier molecular flexibility index (Phi) is 4.64. The molecule has 4 nitrogen and oxygen atoms in total. The first-order valence-electron chi connectivity index (χ1n) is 7.19. The normalized spacial score (nSPS) is 35.5. The Morgan fingerprint density at radius 2 is 2.00 bits per heavy atom. The third-order valence-corrected chi connectivity index (χ3v) is 4.23. The van der Waals surface area contributed by atoms with Gasteiger partial charge in [0.2, 0.25) is 0 Å². The zero-order valence-electron chi connectivity index (χ0n) is 11.9. The van der Waals surface area contributed by atoms with Crippen LogP contribution in [-0.4, -0.2) is 54.2 Å². The second kappa shape index (κ2) is 5.87. The number of aliphatic hydroxyl groups excluding tert-OH is 1. The molecule has 0 aromatic carbocycles. The van der Waals surface area contributed by atoms with Crippen LogP contribution in [0.2, 0.25) is 0 Å². The summed E-state index contributed by atoms with van der Waals surface area (Å²) < 4.78 is 11.5. The van der Waals surface area contributed by atoms with Gasteiger partial charge in [-0.15, -0.1) is 0 Å². The zero-order valence-corrected chi connectivity index (χ0v) is 11.9. The third-order valence-electron chi connectivity index (χ3n) is 4.23. The molecule has 2 unspecified atom stereocenters. The molecule has 0 saturated carbocycles. The SMILES string of the molecule is CC(C)N1CCC(CC2(C)OCC(CO)O2)CC1. The zero-order chi connectivity index (χ0) is 13.2. The molecule has 0 spiro atoms. The van der Waals surface area contributed by atoms with E-state index in [0.717, 1.165) is 6.42 Å². The molecule has 106 valence electrons. The number of hydrogen-bond acceptors (Lipinski definition) is 4. The van der Waals surface area contributed by atoms with Crippen molar-refractivity contribution in [2.75, 3.05) is 26.3 Å². The number of rotatable bonds is 4. The van der Waals surface area contributed by atoms with Gasteiger partial charge in [-0.1, -0.05) is 0 Å². The quantitative estimate of drug-likeness (QED) is 0.831. The van der Waals surface area contributed by atoms with Crippen molar-refractivity contribution in [2.24, 2.45) is 5.92 Å². The van der Waals surface area contributed by atoms with Crippen molar-refractivity contribution in [1.29, 1.82) is 0 Å². The highest BCUT2D eigenvalue weighted by Gasteiger charge is 2.39. The summed E-state index contributed by atoms with van der Waals surface area (Å²) in [5.41, 5.74) is 0. The molecule has 2 heterocycles. The average molecular weight is 257 g/mol. The number of ether oxygens (including phenoxy) is 2. The summed E-state index contributed by atoms with van der Waals surface area (Å²) in [7, 11) is 0. The highest BCUT2D eigenvalue weighted by molar-refractivity contribution is 4.82. The van der Waals surface area contributed by atoms with Crippen molar-refractivity contribution in [3.05, 3.63) is 0 Å². The molecule has 4 heteroatoms. The lowest BCUT2D eigenvalue weighted by molar-refractivity contribution is -0.171. The minimum absolute atomic E-state index is 0.0569. The molecule has 0 aromatic heterocycles. The summed E-state index contributed by atoms with van der Waals surface area (Å²) in [6, 6.07) is 0.652. The van der Waals surface area contributed by atoms with E-state index in [0.29, 0.717) is 18.6 Å². The van der Waals surface area contributed by atoms with E-state index in [4.69, 9.17) is 14.6 Å². The molecule has 0 radical (unpaired) electrons. The van der Waals surface area contributed by atoms with E-state index in [1.54, 1.807) is 0 Å². The van der Waals surface area contributed by atoms with Crippen LogP contribution in [0.3, 0.4) is 0 Å². The molecule has 2 fully saturated rings. The molecular weight excluding hydrogens is 230 g/mol. The highest BCUT2D eigenvalue weighted by Crippen LogP contribution is 2.34. The van der Waals surface area contributed by atoms with Crippen LogP contribution in [0.5, 0.6) is 0 Å². The van der Waals surface area contributed by atoms with Crippen molar-refractivity contribution in [3.63, 3.8) is 0 Å². The Bertz CT molecular complexity index is 264. The summed E-state index contributed by atoms with van der Waals surface area (Å²) in [6.07, 6.45) is 3.27. The number of likely N-dealkylation sites (tertiary alicyclic amines) is 1. The van der Waals surface area contributed by atoms with Gasteiger partial charge in [0, 0.05) is 12.5 Å². The Hall–Kier alpha value is -0.160. The summed E-state index contributed by atoms with van der Waals surface area (Å²) in [5.74, 6) is 0.209. The minimum Gasteiger partial charge on any atom is -0.394 e. The van der Waals surface area contributed by atoms with E-state index in [1.807, 2.05) is 6.92 Å². The fourth-order valence-electron chi connectivity index (χ4n) is 3.08. The molecule has 0 bridgehead atoms. The van der Waals surface area contributed by atoms with Crippen molar-refractivity contribution >= 4 is 0 Å². The van der Waals surface area contributed by atoms with E-state index in [9.17, 15) is 0 Å². The predicted molar refractivity (Wildman–Crippen MR) is 70.4 cm³/mol. The monoisotopic (exact) mass is 257 g/mol. The van der Waals surface area contributed by atoms with Gasteiger partial charge in [0.1, 0.15) is 6.10 Å². The maximum atomic E-state index is 9.09. The van der Waals surface area contributed by atoms with Gasteiger partial charge in [0.15, 0.2) is 5.79 Å². The molecular formula is C14H27NO3. The largest absolute Gasteiger partial charge is 0.394 e. The molecule has 2 aliphatic heterocycles. The summed E-state index contributed by atoms with van der Waals surface area (Å²) in [5, 5.41) is 9.09. The molecule has 0 aliphatic carbocycles. The number of piperidine rings is 1. The van der Waals surface area contributed by atoms with Crippen molar-refractivity contribution < 1.29 is 14.6 Å². The van der Waals surface area contributed by atoms with Crippen LogP contribution >= 0.6 is 0 Å². The Balaban J connectivity index is 1.78. The summed E-state index contributed by atoms with van der Waals surface area (Å²) >= 11 is 0. The topological polar surface area (TPSA) is 41.9 Å². The molecule has 1 N–H and O–H groups in total. The van der Waals surface area contributed by atoms with Crippen LogP contribution in [0.4, 0.5) is 0 Å². The van der Waals surface area contributed by atoms with Crippen LogP contribution in [0.15, 0.2) is 0 Å². The molecule has 2 atom stereocenters. The second-order valence-electron chi connectivity index (χ2n) is 6.14. The van der Waals surface area contributed by atoms with Crippen molar-refractivity contribution in [1.82, 2.24) is 4.90 Å². The number of hydrogen-bond donors (Lipinski definition) is 1. The van der Waals surface area contributed by atoms with Gasteiger partial charge in [-0.25, -0.2) is 0 Å². The fraction of sp³-hybridized carbons (Fsp3) is 1.00. The number of nitrogens with zero attached hydrogens (tertiary/aromatic N) is 1. The van der Waals surface area contributed by atoms with Gasteiger partial charge in [-0.2, -0.15) is 0 Å². The van der Waals surface area contributed by atoms with E-state index < -0.39 is 5.79 Å². The van der Waals surface area contributed by atoms with Gasteiger partial charge in [0.05, 0.1) is 13.2 Å². The predicted octanol–water partition coefficient (Wildman–Crippen LogP) is 1.62. The smallest absolute Gasteiger partial charge is 0.166 e. The van der Waals surface area contributed by atoms with Gasteiger partial charge in [-0.3, -0.25) is 0 Å². The van der Waals surface area contributed by atoms with Crippen LogP contribution in [-0.2, 0) is 9.47 Å². The van der Waals surface area contributed by atoms with Crippen molar-refractivity contribution in [3.8, 4) is 0 Å². The second-order valence-corrected chi connectivity index (χ2v) is 6.14. The Labute approximate surface area is 110 Å². The van der Waals surface area contributed by atoms with Gasteiger partial charge < -0.3 is 19.5 Å². The molecule has 0 amide bonds. The molecule has 2 aliphatic rings. The van der Waals surface area contributed by atoms with Crippen LogP contribution in [0.25, 0.3) is 0 Å². The molecule has 2 saturated heterocycles. The summed E-state index contributed by atoms with van der Waals surface area (Å²) in [6.45, 7) is 9.48. The first kappa shape index (κ1) is 14.3.